The van der Waals surface area contributed by atoms with Gasteiger partial charge in [-0.15, -0.1) is 11.3 Å². The van der Waals surface area contributed by atoms with Gasteiger partial charge in [0.1, 0.15) is 0 Å². The van der Waals surface area contributed by atoms with Crippen molar-refractivity contribution in [1.29, 1.82) is 0 Å². The molecule has 0 bridgehead atoms. The van der Waals surface area contributed by atoms with Gasteiger partial charge in [-0.05, 0) is 30.5 Å². The molecule has 0 aliphatic carbocycles. The quantitative estimate of drug-likeness (QED) is 0.768. The minimum Gasteiger partial charge on any atom is -0.229 e. The molecule has 0 N–H and O–H groups in total. The van der Waals surface area contributed by atoms with Crippen LogP contribution < -0.4 is 0 Å². The van der Waals surface area contributed by atoms with Crippen LogP contribution in [0.1, 0.15) is 10.4 Å². The first-order valence-corrected chi connectivity index (χ1v) is 6.80. The average Bonchev–Trinajstić information content (AvgIpc) is 2.80. The van der Waals surface area contributed by atoms with E-state index in [4.69, 9.17) is 0 Å². The van der Waals surface area contributed by atoms with Crippen LogP contribution in [0.3, 0.4) is 0 Å². The summed E-state index contributed by atoms with van der Waals surface area (Å²) in [6, 6.07) is 11.5. The van der Waals surface area contributed by atoms with Gasteiger partial charge in [0, 0.05) is 4.88 Å². The maximum absolute atomic E-state index is 11.8. The van der Waals surface area contributed by atoms with Crippen molar-refractivity contribution in [3.8, 4) is 0 Å². The zero-order valence-electron chi connectivity index (χ0n) is 8.79. The molecule has 0 saturated heterocycles. The second kappa shape index (κ2) is 5.18. The maximum Gasteiger partial charge on any atom is 0.172 e. The smallest absolute Gasteiger partial charge is 0.172 e. The van der Waals surface area contributed by atoms with Crippen molar-refractivity contribution < 1.29 is 4.21 Å². The van der Waals surface area contributed by atoms with E-state index in [0.717, 1.165) is 15.3 Å². The van der Waals surface area contributed by atoms with Crippen molar-refractivity contribution in [2.24, 2.45) is 4.40 Å². The summed E-state index contributed by atoms with van der Waals surface area (Å²) >= 11 is 1.58. The number of hydrogen-bond acceptors (Lipinski definition) is 2. The second-order valence-electron chi connectivity index (χ2n) is 3.31. The number of rotatable bonds is 3. The van der Waals surface area contributed by atoms with Gasteiger partial charge < -0.3 is 0 Å². The lowest BCUT2D eigenvalue weighted by molar-refractivity contribution is 0.684. The summed E-state index contributed by atoms with van der Waals surface area (Å²) in [5.41, 5.74) is 1.16. The Kier molecular flexibility index (Phi) is 3.64. The van der Waals surface area contributed by atoms with Crippen LogP contribution in [0.5, 0.6) is 0 Å². The van der Waals surface area contributed by atoms with Crippen LogP contribution in [0.2, 0.25) is 0 Å². The molecule has 2 aromatic rings. The Morgan fingerprint density at radius 2 is 2.00 bits per heavy atom. The molecule has 0 aliphatic heterocycles. The van der Waals surface area contributed by atoms with Crippen LogP contribution >= 0.6 is 11.3 Å². The third-order valence-electron chi connectivity index (χ3n) is 2.04. The first-order valence-electron chi connectivity index (χ1n) is 4.82. The van der Waals surface area contributed by atoms with E-state index in [1.807, 2.05) is 48.7 Å². The summed E-state index contributed by atoms with van der Waals surface area (Å²) in [4.78, 5) is 1.75. The molecular formula is C12H11NOS2. The lowest BCUT2D eigenvalue weighted by atomic mass is 10.2. The Morgan fingerprint density at radius 3 is 2.62 bits per heavy atom. The van der Waals surface area contributed by atoms with Gasteiger partial charge in [-0.25, -0.2) is 4.21 Å². The first-order chi connectivity index (χ1) is 7.75. The van der Waals surface area contributed by atoms with Crippen LogP contribution in [0.4, 0.5) is 0 Å². The van der Waals surface area contributed by atoms with E-state index in [-0.39, 0.29) is 0 Å². The summed E-state index contributed by atoms with van der Waals surface area (Å²) in [5.74, 6) is 0. The summed E-state index contributed by atoms with van der Waals surface area (Å²) < 4.78 is 15.8. The zero-order chi connectivity index (χ0) is 11.4. The van der Waals surface area contributed by atoms with Crippen LogP contribution in [0, 0.1) is 6.92 Å². The van der Waals surface area contributed by atoms with E-state index in [1.54, 1.807) is 17.6 Å². The molecule has 1 heterocycles. The zero-order valence-corrected chi connectivity index (χ0v) is 10.4. The normalized spacial score (nSPS) is 13.1. The van der Waals surface area contributed by atoms with E-state index in [2.05, 4.69) is 4.40 Å². The number of thiophene rings is 1. The van der Waals surface area contributed by atoms with Crippen molar-refractivity contribution in [2.75, 3.05) is 0 Å². The van der Waals surface area contributed by atoms with Crippen molar-refractivity contribution >= 4 is 28.5 Å². The second-order valence-corrected chi connectivity index (χ2v) is 5.47. The molecule has 1 aromatic carbocycles. The van der Waals surface area contributed by atoms with Gasteiger partial charge in [0.15, 0.2) is 11.0 Å². The highest BCUT2D eigenvalue weighted by molar-refractivity contribution is 7.83. The lowest BCUT2D eigenvalue weighted by Crippen LogP contribution is -1.87. The SMILES string of the molecule is Cc1ccc([S@](=O)/N=C/c2cccs2)cc1. The Bertz CT molecular complexity index is 500. The number of nitrogens with zero attached hydrogens (tertiary/aromatic N) is 1. The Morgan fingerprint density at radius 1 is 1.25 bits per heavy atom. The van der Waals surface area contributed by atoms with Crippen molar-refractivity contribution in [2.45, 2.75) is 11.8 Å². The van der Waals surface area contributed by atoms with Gasteiger partial charge in [0.05, 0.1) is 11.1 Å². The van der Waals surface area contributed by atoms with Gasteiger partial charge in [-0.3, -0.25) is 0 Å². The third kappa shape index (κ3) is 2.87. The van der Waals surface area contributed by atoms with E-state index in [9.17, 15) is 4.21 Å². The molecule has 0 spiro atoms. The molecule has 4 heteroatoms. The van der Waals surface area contributed by atoms with E-state index >= 15 is 0 Å². The molecule has 0 amide bonds. The van der Waals surface area contributed by atoms with Gasteiger partial charge in [-0.2, -0.15) is 4.40 Å². The molecule has 0 radical (unpaired) electrons. The Hall–Kier alpha value is -1.26. The molecule has 16 heavy (non-hydrogen) atoms. The molecular weight excluding hydrogens is 238 g/mol. The Balaban J connectivity index is 2.11. The van der Waals surface area contributed by atoms with Gasteiger partial charge in [0.25, 0.3) is 0 Å². The molecule has 0 saturated carbocycles. The summed E-state index contributed by atoms with van der Waals surface area (Å²) in [5, 5.41) is 1.97. The molecule has 1 atom stereocenters. The standard InChI is InChI=1S/C12H11NOS2/c1-10-4-6-12(7-5-10)16(14)13-9-11-3-2-8-15-11/h2-9H,1H3/b13-9+/t16-/m0/s1. The van der Waals surface area contributed by atoms with Crippen molar-refractivity contribution in [1.82, 2.24) is 0 Å². The van der Waals surface area contributed by atoms with Crippen LogP contribution in [-0.2, 0) is 11.0 Å². The summed E-state index contributed by atoms with van der Waals surface area (Å²) in [7, 11) is -1.30. The highest BCUT2D eigenvalue weighted by atomic mass is 32.2. The molecule has 0 aliphatic rings. The fourth-order valence-corrected chi connectivity index (χ4v) is 2.53. The van der Waals surface area contributed by atoms with Gasteiger partial charge >= 0.3 is 0 Å². The molecule has 2 rings (SSSR count). The minimum absolute atomic E-state index is 0.735. The fourth-order valence-electron chi connectivity index (χ4n) is 1.18. The number of aryl methyl sites for hydroxylation is 1. The van der Waals surface area contributed by atoms with Crippen molar-refractivity contribution in [3.05, 3.63) is 52.2 Å². The third-order valence-corrected chi connectivity index (χ3v) is 3.82. The first kappa shape index (κ1) is 11.2. The average molecular weight is 249 g/mol. The molecule has 0 unspecified atom stereocenters. The van der Waals surface area contributed by atoms with E-state index < -0.39 is 11.0 Å². The molecule has 0 fully saturated rings. The van der Waals surface area contributed by atoms with E-state index in [1.165, 1.54) is 0 Å². The van der Waals surface area contributed by atoms with Gasteiger partial charge in [0.2, 0.25) is 0 Å². The highest BCUT2D eigenvalue weighted by Gasteiger charge is 1.99. The van der Waals surface area contributed by atoms with E-state index in [0.29, 0.717) is 0 Å². The number of benzene rings is 1. The van der Waals surface area contributed by atoms with Gasteiger partial charge in [-0.1, -0.05) is 23.8 Å². The summed E-state index contributed by atoms with van der Waals surface area (Å²) in [6.45, 7) is 2.00. The highest BCUT2D eigenvalue weighted by Crippen LogP contribution is 2.10. The topological polar surface area (TPSA) is 29.4 Å². The molecule has 82 valence electrons. The summed E-state index contributed by atoms with van der Waals surface area (Å²) in [6.07, 6.45) is 1.65. The lowest BCUT2D eigenvalue weighted by Gasteiger charge is -1.96. The van der Waals surface area contributed by atoms with Crippen LogP contribution in [0.25, 0.3) is 0 Å². The molecule has 2 nitrogen and oxygen atoms in total. The maximum atomic E-state index is 11.8. The predicted octanol–water partition coefficient (Wildman–Crippen LogP) is 3.20. The Labute approximate surface area is 101 Å². The fraction of sp³-hybridized carbons (Fsp3) is 0.0833. The monoisotopic (exact) mass is 249 g/mol. The minimum atomic E-state index is -1.30. The largest absolute Gasteiger partial charge is 0.229 e. The number of hydrogen-bond donors (Lipinski definition) is 0. The van der Waals surface area contributed by atoms with Crippen molar-refractivity contribution in [3.63, 3.8) is 0 Å². The molecule has 1 aromatic heterocycles. The van der Waals surface area contributed by atoms with Crippen LogP contribution in [0.15, 0.2) is 51.1 Å². The predicted molar refractivity (Wildman–Crippen MR) is 69.5 cm³/mol. The van der Waals surface area contributed by atoms with Crippen LogP contribution in [-0.4, -0.2) is 10.4 Å².